The van der Waals surface area contributed by atoms with Crippen LogP contribution in [0.3, 0.4) is 0 Å². The van der Waals surface area contributed by atoms with Crippen molar-refractivity contribution in [2.45, 2.75) is 13.0 Å². The minimum absolute atomic E-state index is 0.594. The summed E-state index contributed by atoms with van der Waals surface area (Å²) in [5.41, 5.74) is 4.05. The average molecular weight is 351 g/mol. The van der Waals surface area contributed by atoms with Gasteiger partial charge in [0.15, 0.2) is 0 Å². The van der Waals surface area contributed by atoms with Gasteiger partial charge in [-0.25, -0.2) is 15.0 Å². The van der Waals surface area contributed by atoms with Crippen molar-refractivity contribution >= 4 is 28.6 Å². The minimum Gasteiger partial charge on any atom is -0.350 e. The predicted octanol–water partition coefficient (Wildman–Crippen LogP) is 3.60. The molecule has 0 amide bonds. The molecular weight excluding hydrogens is 336 g/mol. The number of fused-ring (bicyclic) bond motifs is 1. The molecule has 4 rings (SSSR count). The van der Waals surface area contributed by atoms with Crippen molar-refractivity contribution in [2.24, 2.45) is 0 Å². The summed E-state index contributed by atoms with van der Waals surface area (Å²) in [6.45, 7) is 0.639. The first kappa shape index (κ1) is 15.5. The molecule has 0 atom stereocenters. The Morgan fingerprint density at radius 2 is 1.92 bits per heavy atom. The summed E-state index contributed by atoms with van der Waals surface area (Å²) in [5.74, 6) is 0.594. The topological polar surface area (TPSA) is 79.4 Å². The lowest BCUT2D eigenvalue weighted by Gasteiger charge is -2.05. The van der Waals surface area contributed by atoms with Gasteiger partial charge in [0.1, 0.15) is 5.65 Å². The van der Waals surface area contributed by atoms with E-state index in [0.29, 0.717) is 23.9 Å². The van der Waals surface area contributed by atoms with Gasteiger partial charge in [-0.3, -0.25) is 4.98 Å². The Bertz CT molecular complexity index is 982. The molecule has 0 aliphatic carbocycles. The summed E-state index contributed by atoms with van der Waals surface area (Å²) < 4.78 is 0. The van der Waals surface area contributed by atoms with E-state index in [2.05, 4.69) is 30.2 Å². The van der Waals surface area contributed by atoms with Crippen LogP contribution < -0.4 is 5.32 Å². The Balaban J connectivity index is 1.45. The molecule has 0 aromatic carbocycles. The van der Waals surface area contributed by atoms with Gasteiger partial charge < -0.3 is 10.3 Å². The van der Waals surface area contributed by atoms with E-state index in [4.69, 9.17) is 11.6 Å². The zero-order chi connectivity index (χ0) is 17.1. The minimum atomic E-state index is 0.594. The Hall–Kier alpha value is -2.99. The number of pyridine rings is 2. The average Bonchev–Trinajstić information content (AvgIpc) is 3.04. The lowest BCUT2D eigenvalue weighted by Crippen LogP contribution is -2.04. The number of hydrogen-bond acceptors (Lipinski definition) is 5. The van der Waals surface area contributed by atoms with E-state index in [1.807, 2.05) is 43.0 Å². The standard InChI is InChI=1S/C18H15ClN6/c19-15-5-16-14(10-21-17(16)22-11-15)4-13-8-24-18(25-9-13)23-7-12-2-1-3-20-6-12/h1-3,5-6,8-11H,4,7H2,(H,21,22)(H,23,24,25). The summed E-state index contributed by atoms with van der Waals surface area (Å²) in [6, 6.07) is 5.83. The normalized spacial score (nSPS) is 10.9. The molecule has 0 bridgehead atoms. The van der Waals surface area contributed by atoms with Crippen molar-refractivity contribution in [1.82, 2.24) is 24.9 Å². The van der Waals surface area contributed by atoms with Crippen LogP contribution >= 0.6 is 11.6 Å². The molecule has 0 fully saturated rings. The summed E-state index contributed by atoms with van der Waals surface area (Å²) in [7, 11) is 0. The molecule has 4 aromatic rings. The Labute approximate surface area is 149 Å². The maximum absolute atomic E-state index is 6.04. The second-order valence-corrected chi connectivity index (χ2v) is 6.11. The molecule has 0 saturated heterocycles. The van der Waals surface area contributed by atoms with Crippen LogP contribution in [-0.2, 0) is 13.0 Å². The third kappa shape index (κ3) is 3.59. The molecular formula is C18H15ClN6. The fourth-order valence-electron chi connectivity index (χ4n) is 2.62. The fourth-order valence-corrected chi connectivity index (χ4v) is 2.78. The molecule has 0 radical (unpaired) electrons. The van der Waals surface area contributed by atoms with Gasteiger partial charge in [0, 0.05) is 55.5 Å². The van der Waals surface area contributed by atoms with Crippen LogP contribution in [0.25, 0.3) is 11.0 Å². The van der Waals surface area contributed by atoms with E-state index < -0.39 is 0 Å². The van der Waals surface area contributed by atoms with Crippen molar-refractivity contribution in [2.75, 3.05) is 5.32 Å². The van der Waals surface area contributed by atoms with E-state index in [1.165, 1.54) is 0 Å². The SMILES string of the molecule is Clc1cnc2[nH]cc(Cc3cnc(NCc4cccnc4)nc3)c2c1. The molecule has 0 unspecified atom stereocenters. The van der Waals surface area contributed by atoms with E-state index in [0.717, 1.165) is 27.7 Å². The van der Waals surface area contributed by atoms with Gasteiger partial charge in [-0.1, -0.05) is 17.7 Å². The maximum Gasteiger partial charge on any atom is 0.222 e. The molecule has 4 aromatic heterocycles. The maximum atomic E-state index is 6.04. The van der Waals surface area contributed by atoms with Crippen LogP contribution in [0.2, 0.25) is 5.02 Å². The van der Waals surface area contributed by atoms with Gasteiger partial charge in [0.25, 0.3) is 0 Å². The molecule has 0 saturated carbocycles. The summed E-state index contributed by atoms with van der Waals surface area (Å²) in [5, 5.41) is 4.83. The molecule has 0 spiro atoms. The Kier molecular flexibility index (Phi) is 4.26. The largest absolute Gasteiger partial charge is 0.350 e. The lowest BCUT2D eigenvalue weighted by molar-refractivity contribution is 1.02. The third-order valence-corrected chi connectivity index (χ3v) is 4.06. The molecule has 2 N–H and O–H groups in total. The number of hydrogen-bond donors (Lipinski definition) is 2. The van der Waals surface area contributed by atoms with Crippen LogP contribution in [0, 0.1) is 0 Å². The van der Waals surface area contributed by atoms with Crippen LogP contribution in [0.5, 0.6) is 0 Å². The molecule has 25 heavy (non-hydrogen) atoms. The lowest BCUT2D eigenvalue weighted by atomic mass is 10.1. The second kappa shape index (κ2) is 6.86. The summed E-state index contributed by atoms with van der Waals surface area (Å²) in [6.07, 6.45) is 11.5. The highest BCUT2D eigenvalue weighted by Crippen LogP contribution is 2.22. The first-order chi connectivity index (χ1) is 12.3. The first-order valence-corrected chi connectivity index (χ1v) is 8.21. The highest BCUT2D eigenvalue weighted by atomic mass is 35.5. The van der Waals surface area contributed by atoms with Crippen LogP contribution in [0.1, 0.15) is 16.7 Å². The summed E-state index contributed by atoms with van der Waals surface area (Å²) in [4.78, 5) is 20.3. The molecule has 124 valence electrons. The van der Waals surface area contributed by atoms with Gasteiger partial charge >= 0.3 is 0 Å². The van der Waals surface area contributed by atoms with E-state index >= 15 is 0 Å². The number of halogens is 1. The predicted molar refractivity (Wildman–Crippen MR) is 97.5 cm³/mol. The number of nitrogens with one attached hydrogen (secondary N) is 2. The van der Waals surface area contributed by atoms with Crippen LogP contribution in [0.4, 0.5) is 5.95 Å². The molecule has 7 heteroatoms. The van der Waals surface area contributed by atoms with E-state index in [1.54, 1.807) is 12.4 Å². The fraction of sp³-hybridized carbons (Fsp3) is 0.111. The third-order valence-electron chi connectivity index (χ3n) is 3.86. The monoisotopic (exact) mass is 350 g/mol. The molecule has 0 aliphatic heterocycles. The van der Waals surface area contributed by atoms with Gasteiger partial charge in [0.2, 0.25) is 5.95 Å². The van der Waals surface area contributed by atoms with Crippen molar-refractivity contribution in [3.63, 3.8) is 0 Å². The molecule has 6 nitrogen and oxygen atoms in total. The number of aromatic amines is 1. The number of H-pyrrole nitrogens is 1. The zero-order valence-electron chi connectivity index (χ0n) is 13.3. The number of rotatable bonds is 5. The van der Waals surface area contributed by atoms with Crippen LogP contribution in [-0.4, -0.2) is 24.9 Å². The Morgan fingerprint density at radius 3 is 2.72 bits per heavy atom. The van der Waals surface area contributed by atoms with Crippen molar-refractivity contribution in [3.05, 3.63) is 77.1 Å². The smallest absolute Gasteiger partial charge is 0.222 e. The van der Waals surface area contributed by atoms with Gasteiger partial charge in [-0.15, -0.1) is 0 Å². The van der Waals surface area contributed by atoms with Gasteiger partial charge in [-0.05, 0) is 28.8 Å². The number of nitrogens with zero attached hydrogens (tertiary/aromatic N) is 4. The van der Waals surface area contributed by atoms with Crippen molar-refractivity contribution in [1.29, 1.82) is 0 Å². The van der Waals surface area contributed by atoms with Crippen molar-refractivity contribution in [3.8, 4) is 0 Å². The van der Waals surface area contributed by atoms with E-state index in [-0.39, 0.29) is 0 Å². The Morgan fingerprint density at radius 1 is 1.04 bits per heavy atom. The van der Waals surface area contributed by atoms with E-state index in [9.17, 15) is 0 Å². The summed E-state index contributed by atoms with van der Waals surface area (Å²) >= 11 is 6.04. The van der Waals surface area contributed by atoms with Gasteiger partial charge in [-0.2, -0.15) is 0 Å². The quantitative estimate of drug-likeness (QED) is 0.575. The molecule has 4 heterocycles. The number of anilines is 1. The molecule has 0 aliphatic rings. The first-order valence-electron chi connectivity index (χ1n) is 7.83. The highest BCUT2D eigenvalue weighted by molar-refractivity contribution is 6.31. The number of aromatic nitrogens is 5. The van der Waals surface area contributed by atoms with Gasteiger partial charge in [0.05, 0.1) is 5.02 Å². The zero-order valence-corrected chi connectivity index (χ0v) is 14.0. The van der Waals surface area contributed by atoms with Crippen LogP contribution in [0.15, 0.2) is 55.4 Å². The van der Waals surface area contributed by atoms with Crippen molar-refractivity contribution < 1.29 is 0 Å². The highest BCUT2D eigenvalue weighted by Gasteiger charge is 2.07. The second-order valence-electron chi connectivity index (χ2n) is 5.67.